The van der Waals surface area contributed by atoms with Crippen LogP contribution < -0.4 is 0 Å². The van der Waals surface area contributed by atoms with Crippen molar-refractivity contribution in [1.82, 2.24) is 0 Å². The lowest BCUT2D eigenvalue weighted by Crippen LogP contribution is -2.12. The lowest BCUT2D eigenvalue weighted by Gasteiger charge is -2.03. The summed E-state index contributed by atoms with van der Waals surface area (Å²) in [7, 11) is 0. The third kappa shape index (κ3) is 4.18. The molecule has 0 amide bonds. The highest BCUT2D eigenvalue weighted by molar-refractivity contribution is 8.18. The molecule has 1 aliphatic heterocycles. The van der Waals surface area contributed by atoms with Crippen LogP contribution in [0.25, 0.3) is 6.08 Å². The van der Waals surface area contributed by atoms with Crippen LogP contribution in [-0.2, 0) is 9.53 Å². The number of halogens is 1. The Bertz CT molecular complexity index is 902. The summed E-state index contributed by atoms with van der Waals surface area (Å²) in [5.41, 5.74) is 1.63. The highest BCUT2D eigenvalue weighted by atomic mass is 35.5. The van der Waals surface area contributed by atoms with Crippen molar-refractivity contribution in [2.75, 3.05) is 6.61 Å². The van der Waals surface area contributed by atoms with Crippen molar-refractivity contribution >= 4 is 46.1 Å². The molecular formula is C20H16ClNO3S. The van der Waals surface area contributed by atoms with Gasteiger partial charge < -0.3 is 9.84 Å². The molecule has 132 valence electrons. The predicted octanol–water partition coefficient (Wildman–Crippen LogP) is 5.53. The number of aliphatic imine (C=N–C) groups is 1. The molecule has 0 radical (unpaired) electrons. The van der Waals surface area contributed by atoms with Gasteiger partial charge in [-0.05, 0) is 42.8 Å². The number of para-hydroxylation sites is 1. The summed E-state index contributed by atoms with van der Waals surface area (Å²) in [5.74, 6) is -0.718. The van der Waals surface area contributed by atoms with Gasteiger partial charge in [-0.2, -0.15) is 0 Å². The summed E-state index contributed by atoms with van der Waals surface area (Å²) in [6.45, 7) is 1.94. The van der Waals surface area contributed by atoms with Crippen LogP contribution in [0, 0.1) is 0 Å². The standard InChI is InChI=1S/C20H16ClNO3S/c1-2-25-20(24)17-18(23)16(12-13-8-10-14(21)11-9-13)26-19(17)22-15-6-4-3-5-7-15/h3-12,23H,2H2,1H3/b16-12-,22-19?. The number of carbonyl (C=O) groups excluding carboxylic acids is 1. The number of thioether (sulfide) groups is 1. The Kier molecular flexibility index (Phi) is 5.81. The molecule has 0 bridgehead atoms. The first kappa shape index (κ1) is 18.3. The van der Waals surface area contributed by atoms with Crippen LogP contribution in [-0.4, -0.2) is 22.7 Å². The predicted molar refractivity (Wildman–Crippen MR) is 107 cm³/mol. The van der Waals surface area contributed by atoms with Gasteiger partial charge in [0.05, 0.1) is 17.2 Å². The van der Waals surface area contributed by atoms with Gasteiger partial charge in [-0.15, -0.1) is 0 Å². The fraction of sp³-hybridized carbons (Fsp3) is 0.100. The molecule has 2 aromatic rings. The maximum absolute atomic E-state index is 12.3. The highest BCUT2D eigenvalue weighted by Crippen LogP contribution is 2.40. The topological polar surface area (TPSA) is 58.9 Å². The molecule has 0 saturated carbocycles. The second kappa shape index (κ2) is 8.25. The summed E-state index contributed by atoms with van der Waals surface area (Å²) in [6.07, 6.45) is 1.78. The van der Waals surface area contributed by atoms with Crippen molar-refractivity contribution < 1.29 is 14.6 Å². The first-order chi connectivity index (χ1) is 12.6. The molecule has 1 aliphatic rings. The summed E-state index contributed by atoms with van der Waals surface area (Å²) in [6, 6.07) is 16.5. The van der Waals surface area contributed by atoms with Gasteiger partial charge in [0, 0.05) is 5.02 Å². The third-order valence-corrected chi connectivity index (χ3v) is 4.80. The van der Waals surface area contributed by atoms with E-state index in [0.717, 1.165) is 5.56 Å². The summed E-state index contributed by atoms with van der Waals surface area (Å²) >= 11 is 7.13. The molecule has 4 nitrogen and oxygen atoms in total. The van der Waals surface area contributed by atoms with Crippen molar-refractivity contribution in [2.45, 2.75) is 6.92 Å². The molecule has 26 heavy (non-hydrogen) atoms. The van der Waals surface area contributed by atoms with E-state index in [0.29, 0.717) is 20.7 Å². The number of carbonyl (C=O) groups is 1. The summed E-state index contributed by atoms with van der Waals surface area (Å²) in [4.78, 5) is 17.4. The maximum atomic E-state index is 12.3. The van der Waals surface area contributed by atoms with Gasteiger partial charge in [0.1, 0.15) is 16.4 Å². The third-order valence-electron chi connectivity index (χ3n) is 3.52. The molecule has 1 heterocycles. The van der Waals surface area contributed by atoms with Crippen molar-refractivity contribution in [3.05, 3.63) is 81.4 Å². The monoisotopic (exact) mass is 385 g/mol. The first-order valence-electron chi connectivity index (χ1n) is 7.98. The SMILES string of the molecule is CCOC(=O)C1=C(O)/C(=C/c2ccc(Cl)cc2)SC1=Nc1ccccc1. The second-order valence-electron chi connectivity index (χ2n) is 5.36. The molecule has 6 heteroatoms. The van der Waals surface area contributed by atoms with Crippen molar-refractivity contribution in [3.63, 3.8) is 0 Å². The smallest absolute Gasteiger partial charge is 0.344 e. The number of nitrogens with zero attached hydrogens (tertiary/aromatic N) is 1. The van der Waals surface area contributed by atoms with Crippen molar-refractivity contribution in [2.24, 2.45) is 4.99 Å². The van der Waals surface area contributed by atoms with E-state index in [1.807, 2.05) is 42.5 Å². The highest BCUT2D eigenvalue weighted by Gasteiger charge is 2.33. The number of ether oxygens (including phenoxy) is 1. The Balaban J connectivity index is 2.02. The largest absolute Gasteiger partial charge is 0.506 e. The van der Waals surface area contributed by atoms with Crippen LogP contribution >= 0.6 is 23.4 Å². The number of esters is 1. The van der Waals surface area contributed by atoms with Crippen LogP contribution in [0.2, 0.25) is 5.02 Å². The second-order valence-corrected chi connectivity index (χ2v) is 6.83. The van der Waals surface area contributed by atoms with E-state index in [1.165, 1.54) is 11.8 Å². The number of aliphatic hydroxyl groups excluding tert-OH is 1. The molecule has 1 N–H and O–H groups in total. The lowest BCUT2D eigenvalue weighted by molar-refractivity contribution is -0.138. The Morgan fingerprint density at radius 3 is 2.54 bits per heavy atom. The number of hydrogen-bond donors (Lipinski definition) is 1. The molecule has 0 fully saturated rings. The van der Waals surface area contributed by atoms with E-state index in [4.69, 9.17) is 16.3 Å². The van der Waals surface area contributed by atoms with E-state index >= 15 is 0 Å². The van der Waals surface area contributed by atoms with E-state index < -0.39 is 5.97 Å². The quantitative estimate of drug-likeness (QED) is 0.702. The van der Waals surface area contributed by atoms with Gasteiger partial charge >= 0.3 is 5.97 Å². The van der Waals surface area contributed by atoms with Crippen LogP contribution in [0.1, 0.15) is 12.5 Å². The number of benzene rings is 2. The van der Waals surface area contributed by atoms with Crippen LogP contribution in [0.15, 0.2) is 75.8 Å². The Hall–Kier alpha value is -2.50. The van der Waals surface area contributed by atoms with Crippen molar-refractivity contribution in [3.8, 4) is 0 Å². The van der Waals surface area contributed by atoms with Gasteiger partial charge in [0.15, 0.2) is 0 Å². The molecule has 2 aromatic carbocycles. The first-order valence-corrected chi connectivity index (χ1v) is 9.18. The molecule has 0 aliphatic carbocycles. The van der Waals surface area contributed by atoms with Gasteiger partial charge in [-0.25, -0.2) is 9.79 Å². The van der Waals surface area contributed by atoms with Crippen LogP contribution in [0.5, 0.6) is 0 Å². The van der Waals surface area contributed by atoms with E-state index in [-0.39, 0.29) is 17.9 Å². The molecule has 0 atom stereocenters. The Labute approximate surface area is 160 Å². The average molecular weight is 386 g/mol. The number of rotatable bonds is 4. The van der Waals surface area contributed by atoms with Crippen LogP contribution in [0.4, 0.5) is 5.69 Å². The normalized spacial score (nSPS) is 17.2. The molecule has 0 aromatic heterocycles. The number of hydrogen-bond acceptors (Lipinski definition) is 5. The van der Waals surface area contributed by atoms with Crippen LogP contribution in [0.3, 0.4) is 0 Å². The van der Waals surface area contributed by atoms with Gasteiger partial charge in [-0.1, -0.05) is 53.7 Å². The zero-order chi connectivity index (χ0) is 18.5. The number of aliphatic hydroxyl groups is 1. The maximum Gasteiger partial charge on any atom is 0.344 e. The van der Waals surface area contributed by atoms with Gasteiger partial charge in [0.25, 0.3) is 0 Å². The Morgan fingerprint density at radius 2 is 1.88 bits per heavy atom. The molecule has 3 rings (SSSR count). The molecule has 0 unspecified atom stereocenters. The van der Waals surface area contributed by atoms with Gasteiger partial charge in [0.2, 0.25) is 0 Å². The lowest BCUT2D eigenvalue weighted by atomic mass is 10.1. The van der Waals surface area contributed by atoms with E-state index in [2.05, 4.69) is 4.99 Å². The van der Waals surface area contributed by atoms with E-state index in [9.17, 15) is 9.90 Å². The minimum Gasteiger partial charge on any atom is -0.506 e. The summed E-state index contributed by atoms with van der Waals surface area (Å²) in [5, 5.41) is 11.6. The Morgan fingerprint density at radius 1 is 1.19 bits per heavy atom. The molecule has 0 saturated heterocycles. The molecular weight excluding hydrogens is 370 g/mol. The molecule has 0 spiro atoms. The zero-order valence-corrected chi connectivity index (χ0v) is 15.6. The van der Waals surface area contributed by atoms with Gasteiger partial charge in [-0.3, -0.25) is 0 Å². The van der Waals surface area contributed by atoms with Crippen molar-refractivity contribution in [1.29, 1.82) is 0 Å². The summed E-state index contributed by atoms with van der Waals surface area (Å²) < 4.78 is 5.08. The minimum atomic E-state index is -0.591. The fourth-order valence-electron chi connectivity index (χ4n) is 2.32. The fourth-order valence-corrected chi connectivity index (χ4v) is 3.48. The van der Waals surface area contributed by atoms with E-state index in [1.54, 1.807) is 25.1 Å². The zero-order valence-electron chi connectivity index (χ0n) is 14.0. The average Bonchev–Trinajstić information content (AvgIpc) is 2.93. The minimum absolute atomic E-state index is 0.0842.